The van der Waals surface area contributed by atoms with Crippen LogP contribution in [0, 0.1) is 11.7 Å². The third-order valence-electron chi connectivity index (χ3n) is 7.25. The fourth-order valence-corrected chi connectivity index (χ4v) is 4.63. The van der Waals surface area contributed by atoms with Gasteiger partial charge in [-0.15, -0.1) is 0 Å². The lowest BCUT2D eigenvalue weighted by Crippen LogP contribution is -2.55. The summed E-state index contributed by atoms with van der Waals surface area (Å²) >= 11 is 0. The van der Waals surface area contributed by atoms with Gasteiger partial charge in [0.05, 0.1) is 12.1 Å². The van der Waals surface area contributed by atoms with Gasteiger partial charge in [-0.05, 0) is 68.5 Å². The fourth-order valence-electron chi connectivity index (χ4n) is 4.63. The van der Waals surface area contributed by atoms with Crippen molar-refractivity contribution in [2.75, 3.05) is 13.1 Å². The first-order valence-electron chi connectivity index (χ1n) is 15.2. The Labute approximate surface area is 264 Å². The van der Waals surface area contributed by atoms with E-state index in [0.717, 1.165) is 11.1 Å². The Morgan fingerprint density at radius 1 is 0.756 bits per heavy atom. The Morgan fingerprint density at radius 3 is 1.98 bits per heavy atom. The van der Waals surface area contributed by atoms with Gasteiger partial charge in [-0.25, -0.2) is 9.37 Å². The van der Waals surface area contributed by atoms with Crippen LogP contribution in [0.25, 0.3) is 0 Å². The van der Waals surface area contributed by atoms with E-state index in [4.69, 9.17) is 0 Å². The molecule has 4 atom stereocenters. The number of rotatable bonds is 15. The van der Waals surface area contributed by atoms with E-state index in [1.165, 1.54) is 24.3 Å². The fraction of sp³-hybridized carbons (Fsp3) is 0.382. The molecule has 0 aliphatic heterocycles. The number of pyridine rings is 1. The van der Waals surface area contributed by atoms with E-state index in [9.17, 15) is 23.6 Å². The first kappa shape index (κ1) is 34.8. The predicted molar refractivity (Wildman–Crippen MR) is 171 cm³/mol. The quantitative estimate of drug-likeness (QED) is 0.177. The normalized spacial score (nSPS) is 13.7. The number of nitrogens with one attached hydrogen (secondary N) is 5. The van der Waals surface area contributed by atoms with Gasteiger partial charge in [0.15, 0.2) is 0 Å². The second-order valence-corrected chi connectivity index (χ2v) is 11.3. The number of benzene rings is 2. The number of hydrogen-bond acceptors (Lipinski definition) is 6. The van der Waals surface area contributed by atoms with Crippen LogP contribution < -0.4 is 26.6 Å². The Morgan fingerprint density at radius 2 is 1.38 bits per heavy atom. The highest BCUT2D eigenvalue weighted by Crippen LogP contribution is 2.14. The number of amides is 4. The summed E-state index contributed by atoms with van der Waals surface area (Å²) in [7, 11) is 0. The summed E-state index contributed by atoms with van der Waals surface area (Å²) in [6, 6.07) is 17.9. The summed E-state index contributed by atoms with van der Waals surface area (Å²) in [6.07, 6.45) is 0.469. The molecule has 1 aromatic heterocycles. The molecule has 0 fully saturated rings. The molecule has 11 heteroatoms. The second kappa shape index (κ2) is 17.0. The Balaban J connectivity index is 1.68. The lowest BCUT2D eigenvalue weighted by molar-refractivity contribution is -0.130. The van der Waals surface area contributed by atoms with E-state index in [-0.39, 0.29) is 41.5 Å². The molecule has 0 bridgehead atoms. The van der Waals surface area contributed by atoms with E-state index in [2.05, 4.69) is 31.6 Å². The van der Waals surface area contributed by atoms with Crippen LogP contribution in [0.5, 0.6) is 0 Å². The third-order valence-corrected chi connectivity index (χ3v) is 7.25. The highest BCUT2D eigenvalue weighted by Gasteiger charge is 2.26. The van der Waals surface area contributed by atoms with Gasteiger partial charge in [0.25, 0.3) is 11.8 Å². The second-order valence-electron chi connectivity index (χ2n) is 11.3. The molecule has 2 aromatic carbocycles. The van der Waals surface area contributed by atoms with E-state index < -0.39 is 36.0 Å². The Hall–Kier alpha value is -4.64. The molecule has 10 nitrogen and oxygen atoms in total. The zero-order valence-corrected chi connectivity index (χ0v) is 26.4. The zero-order valence-electron chi connectivity index (χ0n) is 26.4. The molecule has 0 saturated heterocycles. The number of carbonyl (C=O) groups excluding carboxylic acids is 4. The molecule has 1 heterocycles. The standard InChI is InChI=1S/C34H43FN6O4/c1-6-36-34(45)30(21(2)3)41-31(42)23(5)37-20-27(19-24-11-8-7-9-12-24)39-33(44)29-14-10-13-28(40-29)32(43)38-22(4)25-15-17-26(35)18-16-25/h7-18,21-23,27,30,37H,6,19-20H2,1-5H3,(H,36,45)(H,38,43)(H,39,44)(H,41,42)/t22-,23+,27+,30+/m1/s1. The molecule has 240 valence electrons. The van der Waals surface area contributed by atoms with Crippen LogP contribution >= 0.6 is 0 Å². The lowest BCUT2D eigenvalue weighted by atomic mass is 10.0. The molecule has 3 aromatic rings. The smallest absolute Gasteiger partial charge is 0.270 e. The molecule has 0 saturated carbocycles. The summed E-state index contributed by atoms with van der Waals surface area (Å²) in [5, 5.41) is 14.5. The first-order chi connectivity index (χ1) is 21.5. The maximum absolute atomic E-state index is 13.3. The maximum Gasteiger partial charge on any atom is 0.270 e. The van der Waals surface area contributed by atoms with Gasteiger partial charge in [-0.1, -0.05) is 62.4 Å². The molecule has 0 unspecified atom stereocenters. The van der Waals surface area contributed by atoms with Crippen LogP contribution in [0.3, 0.4) is 0 Å². The molecule has 3 rings (SSSR count). The van der Waals surface area contributed by atoms with Crippen molar-refractivity contribution in [3.8, 4) is 0 Å². The van der Waals surface area contributed by atoms with Crippen molar-refractivity contribution < 1.29 is 23.6 Å². The van der Waals surface area contributed by atoms with Crippen LogP contribution in [-0.2, 0) is 16.0 Å². The molecule has 0 aliphatic carbocycles. The molecule has 0 spiro atoms. The molecular weight excluding hydrogens is 575 g/mol. The van der Waals surface area contributed by atoms with E-state index in [0.29, 0.717) is 13.0 Å². The van der Waals surface area contributed by atoms with Crippen LogP contribution in [0.15, 0.2) is 72.8 Å². The van der Waals surface area contributed by atoms with Crippen molar-refractivity contribution in [1.29, 1.82) is 0 Å². The number of aromatic nitrogens is 1. The van der Waals surface area contributed by atoms with E-state index in [1.54, 1.807) is 32.0 Å². The maximum atomic E-state index is 13.3. The van der Waals surface area contributed by atoms with Crippen LogP contribution in [-0.4, -0.2) is 59.8 Å². The summed E-state index contributed by atoms with van der Waals surface area (Å²) < 4.78 is 13.3. The highest BCUT2D eigenvalue weighted by molar-refractivity contribution is 5.96. The van der Waals surface area contributed by atoms with Crippen molar-refractivity contribution in [3.63, 3.8) is 0 Å². The molecule has 0 radical (unpaired) electrons. The van der Waals surface area contributed by atoms with E-state index >= 15 is 0 Å². The number of halogens is 1. The lowest BCUT2D eigenvalue weighted by Gasteiger charge is -2.25. The van der Waals surface area contributed by atoms with Crippen molar-refractivity contribution in [1.82, 2.24) is 31.6 Å². The van der Waals surface area contributed by atoms with Gasteiger partial charge in [0, 0.05) is 19.1 Å². The van der Waals surface area contributed by atoms with Gasteiger partial charge in [0.2, 0.25) is 11.8 Å². The molecule has 5 N–H and O–H groups in total. The van der Waals surface area contributed by atoms with Gasteiger partial charge in [-0.3, -0.25) is 19.2 Å². The van der Waals surface area contributed by atoms with Crippen LogP contribution in [0.4, 0.5) is 4.39 Å². The summed E-state index contributed by atoms with van der Waals surface area (Å²) in [5.41, 5.74) is 1.82. The van der Waals surface area contributed by atoms with Gasteiger partial charge >= 0.3 is 0 Å². The van der Waals surface area contributed by atoms with Crippen LogP contribution in [0.1, 0.15) is 72.8 Å². The van der Waals surface area contributed by atoms with Crippen molar-refractivity contribution in [3.05, 3.63) is 101 Å². The van der Waals surface area contributed by atoms with Crippen molar-refractivity contribution >= 4 is 23.6 Å². The Bertz CT molecular complexity index is 1430. The number of nitrogens with zero attached hydrogens (tertiary/aromatic N) is 1. The molecule has 45 heavy (non-hydrogen) atoms. The summed E-state index contributed by atoms with van der Waals surface area (Å²) in [4.78, 5) is 55.9. The minimum absolute atomic E-state index is 0.0580. The third kappa shape index (κ3) is 10.8. The van der Waals surface area contributed by atoms with Crippen LogP contribution in [0.2, 0.25) is 0 Å². The summed E-state index contributed by atoms with van der Waals surface area (Å²) in [5.74, 6) is -2.00. The zero-order chi connectivity index (χ0) is 32.9. The average molecular weight is 619 g/mol. The number of carbonyl (C=O) groups is 4. The van der Waals surface area contributed by atoms with Crippen molar-refractivity contribution in [2.24, 2.45) is 5.92 Å². The molecular formula is C34H43FN6O4. The van der Waals surface area contributed by atoms with Gasteiger partial charge in [-0.2, -0.15) is 0 Å². The first-order valence-corrected chi connectivity index (χ1v) is 15.2. The van der Waals surface area contributed by atoms with Crippen molar-refractivity contribution in [2.45, 2.75) is 65.2 Å². The average Bonchev–Trinajstić information content (AvgIpc) is 3.02. The van der Waals surface area contributed by atoms with E-state index in [1.807, 2.05) is 51.1 Å². The minimum atomic E-state index is -0.671. The molecule has 0 aliphatic rings. The highest BCUT2D eigenvalue weighted by atomic mass is 19.1. The topological polar surface area (TPSA) is 141 Å². The minimum Gasteiger partial charge on any atom is -0.355 e. The molecule has 4 amide bonds. The van der Waals surface area contributed by atoms with Gasteiger partial charge < -0.3 is 26.6 Å². The summed E-state index contributed by atoms with van der Waals surface area (Å²) in [6.45, 7) is 9.72. The van der Waals surface area contributed by atoms with Gasteiger partial charge in [0.1, 0.15) is 23.2 Å². The Kier molecular flexibility index (Phi) is 13.2. The predicted octanol–water partition coefficient (Wildman–Crippen LogP) is 3.31. The number of likely N-dealkylation sites (N-methyl/N-ethyl adjacent to an activating group) is 1. The monoisotopic (exact) mass is 618 g/mol. The number of hydrogen-bond donors (Lipinski definition) is 5. The SMILES string of the molecule is CCNC(=O)[C@@H](NC(=O)[C@H](C)NC[C@H](Cc1ccccc1)NC(=O)c1cccc(C(=O)N[C@H](C)c2ccc(F)cc2)n1)C(C)C. The largest absolute Gasteiger partial charge is 0.355 e.